The van der Waals surface area contributed by atoms with Crippen molar-refractivity contribution in [1.29, 1.82) is 0 Å². The van der Waals surface area contributed by atoms with Gasteiger partial charge >= 0.3 is 11.9 Å². The van der Waals surface area contributed by atoms with Gasteiger partial charge in [-0.1, -0.05) is 43.7 Å². The van der Waals surface area contributed by atoms with Gasteiger partial charge < -0.3 is 20.5 Å². The molecule has 1 aromatic carbocycles. The Morgan fingerprint density at radius 3 is 2.58 bits per heavy atom. The lowest BCUT2D eigenvalue weighted by Crippen LogP contribution is -2.48. The number of rotatable bonds is 12. The molecule has 3 aromatic rings. The number of aliphatic carboxylic acids is 1. The van der Waals surface area contributed by atoms with Gasteiger partial charge in [0, 0.05) is 42.6 Å². The highest BCUT2D eigenvalue weighted by Crippen LogP contribution is 2.19. The quantitative estimate of drug-likeness (QED) is 0.344. The summed E-state index contributed by atoms with van der Waals surface area (Å²) in [5.41, 5.74) is 6.90. The van der Waals surface area contributed by atoms with Crippen LogP contribution in [0.4, 0.5) is 0 Å². The highest BCUT2D eigenvalue weighted by Gasteiger charge is 2.31. The number of allylic oxidation sites excluding steroid dienone is 1. The molecule has 0 saturated carbocycles. The summed E-state index contributed by atoms with van der Waals surface area (Å²) >= 11 is 1.49. The maximum Gasteiger partial charge on any atom is 0.335 e. The molecule has 2 heterocycles. The average molecular weight is 468 g/mol. The molecule has 33 heavy (non-hydrogen) atoms. The largest absolute Gasteiger partial charge is 0.480 e. The van der Waals surface area contributed by atoms with Gasteiger partial charge in [-0.15, -0.1) is 11.3 Å². The van der Waals surface area contributed by atoms with E-state index in [0.717, 1.165) is 41.2 Å². The van der Waals surface area contributed by atoms with Crippen molar-refractivity contribution < 1.29 is 19.8 Å². The van der Waals surface area contributed by atoms with Gasteiger partial charge in [0.2, 0.25) is 0 Å². The maximum absolute atomic E-state index is 11.9. The standard InChI is InChI=1S/C25H29N3O4S/c1-2-3-8-22-27-16-20(28(22)17-18-9-11-19(12-10-18)23(29)30)6-4-13-25(26,24(31)32)15-21-7-5-14-33-21/h4-5,7,9-14,16H,2-3,6,8,15,17,26H2,1H3,(H,29,30)(H,31,32). The van der Waals surface area contributed by atoms with Crippen molar-refractivity contribution in [2.75, 3.05) is 0 Å². The molecule has 4 N–H and O–H groups in total. The van der Waals surface area contributed by atoms with Crippen LogP contribution in [0, 0.1) is 0 Å². The third-order valence-corrected chi connectivity index (χ3v) is 6.38. The Morgan fingerprint density at radius 2 is 1.97 bits per heavy atom. The zero-order chi connectivity index (χ0) is 23.8. The number of nitrogens with two attached hydrogens (primary N) is 1. The Kier molecular flexibility index (Phi) is 8.19. The van der Waals surface area contributed by atoms with Crippen LogP contribution in [-0.2, 0) is 30.6 Å². The highest BCUT2D eigenvalue weighted by molar-refractivity contribution is 7.09. The van der Waals surface area contributed by atoms with E-state index in [2.05, 4.69) is 16.5 Å². The number of carbonyl (C=O) groups is 2. The van der Waals surface area contributed by atoms with E-state index >= 15 is 0 Å². The number of imidazole rings is 1. The molecule has 0 fully saturated rings. The zero-order valence-electron chi connectivity index (χ0n) is 18.6. The Bertz CT molecular complexity index is 1100. The molecule has 0 saturated heterocycles. The van der Waals surface area contributed by atoms with E-state index in [9.17, 15) is 14.7 Å². The molecule has 174 valence electrons. The number of aromatic carboxylic acids is 1. The van der Waals surface area contributed by atoms with Gasteiger partial charge in [0.1, 0.15) is 11.4 Å². The Balaban J connectivity index is 1.80. The number of aryl methyl sites for hydroxylation is 1. The number of carboxylic acid groups (broad SMARTS) is 2. The summed E-state index contributed by atoms with van der Waals surface area (Å²) in [4.78, 5) is 28.5. The van der Waals surface area contributed by atoms with Gasteiger partial charge in [0.25, 0.3) is 0 Å². The fourth-order valence-electron chi connectivity index (χ4n) is 3.58. The van der Waals surface area contributed by atoms with E-state index in [1.54, 1.807) is 24.3 Å². The van der Waals surface area contributed by atoms with Gasteiger partial charge in [0.05, 0.1) is 5.56 Å². The van der Waals surface area contributed by atoms with Crippen molar-refractivity contribution >= 4 is 23.3 Å². The summed E-state index contributed by atoms with van der Waals surface area (Å²) in [5.74, 6) is -1.06. The van der Waals surface area contributed by atoms with Crippen LogP contribution >= 0.6 is 11.3 Å². The number of hydrogen-bond donors (Lipinski definition) is 3. The predicted molar refractivity (Wildman–Crippen MR) is 129 cm³/mol. The minimum atomic E-state index is -1.48. The van der Waals surface area contributed by atoms with Crippen molar-refractivity contribution in [3.63, 3.8) is 0 Å². The Hall–Kier alpha value is -3.23. The lowest BCUT2D eigenvalue weighted by atomic mass is 9.94. The van der Waals surface area contributed by atoms with Gasteiger partial charge in [0.15, 0.2) is 0 Å². The van der Waals surface area contributed by atoms with Gasteiger partial charge in [-0.2, -0.15) is 0 Å². The molecule has 0 aliphatic rings. The minimum absolute atomic E-state index is 0.230. The van der Waals surface area contributed by atoms with E-state index in [4.69, 9.17) is 10.8 Å². The second kappa shape index (κ2) is 11.1. The molecule has 0 radical (unpaired) electrons. The number of thiophene rings is 1. The molecule has 1 unspecified atom stereocenters. The van der Waals surface area contributed by atoms with E-state index in [1.165, 1.54) is 11.3 Å². The second-order valence-corrected chi connectivity index (χ2v) is 9.10. The zero-order valence-corrected chi connectivity index (χ0v) is 19.4. The van der Waals surface area contributed by atoms with Crippen molar-refractivity contribution in [3.05, 3.63) is 87.6 Å². The van der Waals surface area contributed by atoms with E-state index in [1.807, 2.05) is 35.8 Å². The molecule has 7 nitrogen and oxygen atoms in total. The van der Waals surface area contributed by atoms with Gasteiger partial charge in [-0.05, 0) is 35.6 Å². The van der Waals surface area contributed by atoms with Crippen LogP contribution in [0.1, 0.15) is 52.1 Å². The second-order valence-electron chi connectivity index (χ2n) is 8.07. The monoisotopic (exact) mass is 467 g/mol. The van der Waals surface area contributed by atoms with Crippen LogP contribution < -0.4 is 5.73 Å². The third kappa shape index (κ3) is 6.40. The van der Waals surface area contributed by atoms with E-state index in [0.29, 0.717) is 13.0 Å². The van der Waals surface area contributed by atoms with Crippen LogP contribution in [0.3, 0.4) is 0 Å². The molecule has 8 heteroatoms. The topological polar surface area (TPSA) is 118 Å². The third-order valence-electron chi connectivity index (χ3n) is 5.50. The number of hydrogen-bond acceptors (Lipinski definition) is 5. The van der Waals surface area contributed by atoms with Crippen molar-refractivity contribution in [2.45, 2.75) is 51.1 Å². The van der Waals surface area contributed by atoms with Crippen LogP contribution in [0.25, 0.3) is 0 Å². The lowest BCUT2D eigenvalue weighted by molar-refractivity contribution is -0.141. The normalized spacial score (nSPS) is 13.3. The van der Waals surface area contributed by atoms with Gasteiger partial charge in [-0.3, -0.25) is 0 Å². The number of aromatic nitrogens is 2. The summed E-state index contributed by atoms with van der Waals surface area (Å²) in [6, 6.07) is 10.6. The highest BCUT2D eigenvalue weighted by atomic mass is 32.1. The van der Waals surface area contributed by atoms with Crippen LogP contribution in [0.2, 0.25) is 0 Å². The minimum Gasteiger partial charge on any atom is -0.480 e. The number of nitrogens with zero attached hydrogens (tertiary/aromatic N) is 2. The first kappa shape index (κ1) is 24.4. The smallest absolute Gasteiger partial charge is 0.335 e. The molecule has 0 spiro atoms. The molecule has 1 atom stereocenters. The summed E-state index contributed by atoms with van der Waals surface area (Å²) in [5, 5.41) is 20.7. The van der Waals surface area contributed by atoms with Crippen molar-refractivity contribution in [1.82, 2.24) is 9.55 Å². The maximum atomic E-state index is 11.9. The first-order chi connectivity index (χ1) is 15.8. The van der Waals surface area contributed by atoms with E-state index < -0.39 is 17.5 Å². The molecule has 0 bridgehead atoms. The number of carboxylic acids is 2. The molecule has 0 aliphatic carbocycles. The molecule has 0 aliphatic heterocycles. The Labute approximate surface area is 197 Å². The van der Waals surface area contributed by atoms with Crippen molar-refractivity contribution in [2.24, 2.45) is 5.73 Å². The van der Waals surface area contributed by atoms with Crippen LogP contribution in [-0.4, -0.2) is 37.2 Å². The SMILES string of the molecule is CCCCc1ncc(CC=CC(N)(Cc2cccs2)C(=O)O)n1Cc1ccc(C(=O)O)cc1. The predicted octanol–water partition coefficient (Wildman–Crippen LogP) is 4.16. The van der Waals surface area contributed by atoms with Crippen LogP contribution in [0.5, 0.6) is 0 Å². The van der Waals surface area contributed by atoms with E-state index in [-0.39, 0.29) is 12.0 Å². The Morgan fingerprint density at radius 1 is 1.21 bits per heavy atom. The first-order valence-electron chi connectivity index (χ1n) is 10.9. The molecule has 2 aromatic heterocycles. The molecular weight excluding hydrogens is 438 g/mol. The van der Waals surface area contributed by atoms with Gasteiger partial charge in [-0.25, -0.2) is 14.6 Å². The summed E-state index contributed by atoms with van der Waals surface area (Å²) < 4.78 is 2.12. The fraction of sp³-hybridized carbons (Fsp3) is 0.320. The average Bonchev–Trinajstić information content (AvgIpc) is 3.43. The summed E-state index contributed by atoms with van der Waals surface area (Å²) in [6.07, 6.45) is 8.80. The van der Waals surface area contributed by atoms with Crippen molar-refractivity contribution in [3.8, 4) is 0 Å². The molecule has 0 amide bonds. The number of unbranched alkanes of at least 4 members (excludes halogenated alkanes) is 1. The van der Waals surface area contributed by atoms with Crippen LogP contribution in [0.15, 0.2) is 60.1 Å². The lowest BCUT2D eigenvalue weighted by Gasteiger charge is -2.20. The summed E-state index contributed by atoms with van der Waals surface area (Å²) in [7, 11) is 0. The number of benzene rings is 1. The fourth-order valence-corrected chi connectivity index (χ4v) is 4.39. The molecular formula is C25H29N3O4S. The first-order valence-corrected chi connectivity index (χ1v) is 11.8. The summed E-state index contributed by atoms with van der Waals surface area (Å²) in [6.45, 7) is 2.69. The molecule has 3 rings (SSSR count).